The first-order valence-electron chi connectivity index (χ1n) is 18.1. The zero-order valence-electron chi connectivity index (χ0n) is 29.0. The lowest BCUT2D eigenvalue weighted by molar-refractivity contribution is 0.0518. The number of hydrogen-bond donors (Lipinski definition) is 1. The third-order valence-corrected chi connectivity index (χ3v) is 11.1. The highest BCUT2D eigenvalue weighted by Gasteiger charge is 2.28. The molecule has 0 bridgehead atoms. The second-order valence-electron chi connectivity index (χ2n) is 12.9. The lowest BCUT2D eigenvalue weighted by atomic mass is 10.1. The molecule has 12 nitrogen and oxygen atoms in total. The van der Waals surface area contributed by atoms with Crippen LogP contribution >= 0.6 is 7.83 Å². The molecule has 2 rings (SSSR count). The van der Waals surface area contributed by atoms with Crippen LogP contribution in [0, 0.1) is 0 Å². The summed E-state index contributed by atoms with van der Waals surface area (Å²) < 4.78 is 57.7. The first-order valence-corrected chi connectivity index (χ1v) is 20.8. The van der Waals surface area contributed by atoms with Crippen LogP contribution in [0.1, 0.15) is 156 Å². The molecule has 2 aromatic rings. The van der Waals surface area contributed by atoms with Gasteiger partial charge in [-0.3, -0.25) is 14.3 Å². The van der Waals surface area contributed by atoms with Gasteiger partial charge in [-0.25, -0.2) is 27.1 Å². The van der Waals surface area contributed by atoms with Gasteiger partial charge in [0.25, 0.3) is 5.56 Å². The number of unbranched alkanes of at least 4 members (excludes halogenated alkanes) is 19. The Labute approximate surface area is 280 Å². The third kappa shape index (κ3) is 13.7. The van der Waals surface area contributed by atoms with E-state index < -0.39 is 57.8 Å². The van der Waals surface area contributed by atoms with Crippen molar-refractivity contribution < 1.29 is 22.3 Å². The summed E-state index contributed by atoms with van der Waals surface area (Å²) in [5.41, 5.74) is -4.67. The highest BCUT2D eigenvalue weighted by molar-refractivity contribution is 7.90. The van der Waals surface area contributed by atoms with Crippen molar-refractivity contribution in [2.75, 3.05) is 12.4 Å². The molecule has 0 saturated carbocycles. The number of rotatable bonds is 28. The van der Waals surface area contributed by atoms with Gasteiger partial charge < -0.3 is 4.74 Å². The van der Waals surface area contributed by atoms with Crippen LogP contribution in [0.5, 0.6) is 0 Å². The lowest BCUT2D eigenvalue weighted by Gasteiger charge is -2.14. The maximum Gasteiger partial charge on any atom is 0.438 e. The maximum atomic E-state index is 13.4. The number of nitrogens with zero attached hydrogens (tertiary/aromatic N) is 3. The van der Waals surface area contributed by atoms with E-state index in [1.165, 1.54) is 77.0 Å². The van der Waals surface area contributed by atoms with Crippen molar-refractivity contribution in [3.63, 3.8) is 0 Å². The predicted molar refractivity (Wildman–Crippen MR) is 188 cm³/mol. The fourth-order valence-corrected chi connectivity index (χ4v) is 8.00. The quantitative estimate of drug-likeness (QED) is 0.0709. The smallest absolute Gasteiger partial charge is 0.377 e. The summed E-state index contributed by atoms with van der Waals surface area (Å²) in [6, 6.07) is 0. The van der Waals surface area contributed by atoms with E-state index in [0.717, 1.165) is 49.5 Å². The number of aromatic nitrogens is 4. The standard InChI is InChI=1S/C33H59N4O8PS/c1-4-6-8-10-12-14-15-16-18-20-22-24-26-47(43,44)37-30-29(31(38)36(33(37)40)46(41)42)35(32(39)34-30)27-28(3)45-25-23-21-19-17-13-11-9-7-5-2/h28H,4-27H2,1-3H3,(H,34,39). The average molecular weight is 703 g/mol. The Morgan fingerprint density at radius 3 is 1.62 bits per heavy atom. The van der Waals surface area contributed by atoms with Gasteiger partial charge in [0, 0.05) is 6.61 Å². The summed E-state index contributed by atoms with van der Waals surface area (Å²) in [5.74, 6) is -0.432. The molecule has 1 N–H and O–H groups in total. The first-order chi connectivity index (χ1) is 22.6. The minimum Gasteiger partial charge on any atom is -0.377 e. The van der Waals surface area contributed by atoms with Crippen molar-refractivity contribution in [3.05, 3.63) is 31.3 Å². The number of hydrogen-bond acceptors (Lipinski definition) is 8. The summed E-state index contributed by atoms with van der Waals surface area (Å²) in [7, 11) is -8.21. The van der Waals surface area contributed by atoms with E-state index in [2.05, 4.69) is 18.8 Å². The molecule has 0 saturated heterocycles. The second-order valence-corrected chi connectivity index (χ2v) is 15.7. The van der Waals surface area contributed by atoms with E-state index in [-0.39, 0.29) is 21.3 Å². The Balaban J connectivity index is 2.02. The summed E-state index contributed by atoms with van der Waals surface area (Å²) >= 11 is 0. The fourth-order valence-electron chi connectivity index (χ4n) is 5.99. The molecule has 0 amide bonds. The zero-order chi connectivity index (χ0) is 34.7. The van der Waals surface area contributed by atoms with E-state index in [0.29, 0.717) is 13.0 Å². The Morgan fingerprint density at radius 1 is 0.702 bits per heavy atom. The van der Waals surface area contributed by atoms with E-state index in [1.807, 2.05) is 0 Å². The molecular weight excluding hydrogens is 643 g/mol. The fraction of sp³-hybridized carbons (Fsp3) is 0.848. The van der Waals surface area contributed by atoms with Crippen molar-refractivity contribution in [1.29, 1.82) is 0 Å². The Bertz CT molecular complexity index is 1550. The minimum absolute atomic E-state index is 0.116. The van der Waals surface area contributed by atoms with E-state index in [4.69, 9.17) is 4.74 Å². The number of imidazole rings is 1. The highest BCUT2D eigenvalue weighted by atomic mass is 32.2. The molecule has 0 aliphatic carbocycles. The Morgan fingerprint density at radius 2 is 1.15 bits per heavy atom. The molecule has 0 fully saturated rings. The average Bonchev–Trinajstić information content (AvgIpc) is 3.33. The van der Waals surface area contributed by atoms with E-state index >= 15 is 0 Å². The topological polar surface area (TPSA) is 159 Å². The molecule has 0 aliphatic heterocycles. The van der Waals surface area contributed by atoms with Gasteiger partial charge in [0.05, 0.1) is 18.4 Å². The van der Waals surface area contributed by atoms with Crippen LogP contribution in [0.25, 0.3) is 11.2 Å². The van der Waals surface area contributed by atoms with Crippen LogP contribution in [0.2, 0.25) is 0 Å². The lowest BCUT2D eigenvalue weighted by Crippen LogP contribution is -2.41. The summed E-state index contributed by atoms with van der Waals surface area (Å²) in [5, 5.41) is 0. The molecule has 2 aromatic heterocycles. The predicted octanol–water partition coefficient (Wildman–Crippen LogP) is 7.40. The maximum absolute atomic E-state index is 13.4. The van der Waals surface area contributed by atoms with Gasteiger partial charge >= 0.3 is 19.2 Å². The van der Waals surface area contributed by atoms with Crippen molar-refractivity contribution in [2.45, 2.75) is 168 Å². The van der Waals surface area contributed by atoms with Crippen LogP contribution < -0.4 is 16.9 Å². The highest BCUT2D eigenvalue weighted by Crippen LogP contribution is 2.16. The van der Waals surface area contributed by atoms with Crippen molar-refractivity contribution in [3.8, 4) is 0 Å². The van der Waals surface area contributed by atoms with Gasteiger partial charge in [0.1, 0.15) is 0 Å². The number of ether oxygens (including phenoxy) is 1. The first kappa shape index (κ1) is 40.9. The van der Waals surface area contributed by atoms with Gasteiger partial charge in [-0.1, -0.05) is 136 Å². The number of H-pyrrole nitrogens is 1. The Hall–Kier alpha value is -2.24. The van der Waals surface area contributed by atoms with Crippen LogP contribution in [0.15, 0.2) is 14.4 Å². The number of nitrogens with one attached hydrogen (secondary N) is 1. The molecular formula is C33H59N4O8PS. The van der Waals surface area contributed by atoms with Gasteiger partial charge in [-0.15, -0.1) is 4.34 Å². The number of aromatic amines is 1. The molecule has 1 unspecified atom stereocenters. The normalized spacial score (nSPS) is 12.7. The largest absolute Gasteiger partial charge is 0.438 e. The molecule has 14 heteroatoms. The molecule has 0 aliphatic rings. The van der Waals surface area contributed by atoms with Gasteiger partial charge in [-0.2, -0.15) is 3.97 Å². The molecule has 270 valence electrons. The molecule has 1 atom stereocenters. The summed E-state index contributed by atoms with van der Waals surface area (Å²) in [4.78, 5) is 41.5. The molecule has 47 heavy (non-hydrogen) atoms. The third-order valence-electron chi connectivity index (χ3n) is 8.70. The summed E-state index contributed by atoms with van der Waals surface area (Å²) in [6.45, 7) is 6.44. The van der Waals surface area contributed by atoms with Crippen LogP contribution in [0.3, 0.4) is 0 Å². The van der Waals surface area contributed by atoms with E-state index in [1.54, 1.807) is 6.92 Å². The SMILES string of the molecule is CCCCCCCCCCCCCCS(=O)(=O)n1c(=O)n(P(=O)=O)c(=O)c2c1[nH]c(=O)n2CC(C)OCCCCCCCCCCC. The van der Waals surface area contributed by atoms with Crippen molar-refractivity contribution in [2.24, 2.45) is 0 Å². The molecule has 0 spiro atoms. The van der Waals surface area contributed by atoms with Crippen molar-refractivity contribution >= 4 is 29.0 Å². The minimum atomic E-state index is -4.40. The van der Waals surface area contributed by atoms with Crippen LogP contribution in [-0.4, -0.2) is 44.7 Å². The molecule has 0 radical (unpaired) electrons. The molecule has 2 heterocycles. The monoisotopic (exact) mass is 702 g/mol. The van der Waals surface area contributed by atoms with Gasteiger partial charge in [0.15, 0.2) is 11.2 Å². The van der Waals surface area contributed by atoms with Gasteiger partial charge in [0.2, 0.25) is 10.0 Å². The van der Waals surface area contributed by atoms with Crippen LogP contribution in [-0.2, 0) is 30.4 Å². The zero-order valence-corrected chi connectivity index (χ0v) is 30.7. The van der Waals surface area contributed by atoms with Crippen molar-refractivity contribution in [1.82, 2.24) is 17.9 Å². The second kappa shape index (κ2) is 22.4. The Kier molecular flexibility index (Phi) is 19.5. The summed E-state index contributed by atoms with van der Waals surface area (Å²) in [6.07, 6.45) is 22.3. The van der Waals surface area contributed by atoms with E-state index in [9.17, 15) is 31.9 Å². The molecule has 0 aromatic carbocycles. The van der Waals surface area contributed by atoms with Gasteiger partial charge in [-0.05, 0) is 19.8 Å². The number of fused-ring (bicyclic) bond motifs is 1. The van der Waals surface area contributed by atoms with Crippen LogP contribution in [0.4, 0.5) is 0 Å².